The number of thiazole rings is 1. The second-order valence-electron chi connectivity index (χ2n) is 5.25. The van der Waals surface area contributed by atoms with Gasteiger partial charge in [0, 0.05) is 48.9 Å². The van der Waals surface area contributed by atoms with Gasteiger partial charge in [-0.15, -0.1) is 11.3 Å². The summed E-state index contributed by atoms with van der Waals surface area (Å²) in [6.07, 6.45) is 2.39. The zero-order chi connectivity index (χ0) is 14.3. The number of aryl methyl sites for hydroxylation is 1. The highest BCUT2D eigenvalue weighted by molar-refractivity contribution is 7.11. The van der Waals surface area contributed by atoms with E-state index in [0.717, 1.165) is 21.3 Å². The summed E-state index contributed by atoms with van der Waals surface area (Å²) in [5.74, 6) is 0.200. The minimum atomic E-state index is 0.0736. The normalized spacial score (nSPS) is 17.6. The summed E-state index contributed by atoms with van der Waals surface area (Å²) in [7, 11) is 3.99. The molecule has 1 aliphatic heterocycles. The topological polar surface area (TPSA) is 45.2 Å². The average Bonchev–Trinajstić information content (AvgIpc) is 2.83. The Morgan fingerprint density at radius 2 is 2.20 bits per heavy atom. The first-order chi connectivity index (χ1) is 9.54. The van der Waals surface area contributed by atoms with E-state index in [1.165, 1.54) is 5.56 Å². The smallest absolute Gasteiger partial charge is 0.225 e. The van der Waals surface area contributed by atoms with Crippen LogP contribution in [0.25, 0.3) is 0 Å². The first kappa shape index (κ1) is 13.1. The Kier molecular flexibility index (Phi) is 3.22. The molecule has 0 spiro atoms. The van der Waals surface area contributed by atoms with Crippen molar-refractivity contribution in [2.24, 2.45) is 0 Å². The van der Waals surface area contributed by atoms with Crippen molar-refractivity contribution in [3.05, 3.63) is 39.8 Å². The number of amides is 1. The van der Waals surface area contributed by atoms with Crippen molar-refractivity contribution in [2.75, 3.05) is 24.3 Å². The van der Waals surface area contributed by atoms with Crippen LogP contribution >= 0.6 is 11.3 Å². The second-order valence-corrected chi connectivity index (χ2v) is 6.52. The fraction of sp³-hybridized carbons (Fsp3) is 0.333. The number of fused-ring (bicyclic) bond motifs is 1. The Morgan fingerprint density at radius 1 is 1.40 bits per heavy atom. The van der Waals surface area contributed by atoms with E-state index in [1.54, 1.807) is 11.3 Å². The molecule has 4 nitrogen and oxygen atoms in total. The monoisotopic (exact) mass is 287 g/mol. The molecule has 2 heterocycles. The van der Waals surface area contributed by atoms with Gasteiger partial charge in [-0.3, -0.25) is 4.79 Å². The largest absolute Gasteiger partial charge is 0.378 e. The molecule has 5 heteroatoms. The number of carbonyl (C=O) groups excluding carboxylic acids is 1. The molecule has 0 bridgehead atoms. The van der Waals surface area contributed by atoms with E-state index in [2.05, 4.69) is 22.4 Å². The molecule has 1 aromatic heterocycles. The standard InChI is InChI=1S/C15H17N3OS/c1-9-16-8-14(20-9)12-7-15(19)17-13-6-10(18(2)3)4-5-11(12)13/h4-6,8,12H,7H2,1-3H3,(H,17,19). The highest BCUT2D eigenvalue weighted by Gasteiger charge is 2.28. The number of benzene rings is 1. The maximum Gasteiger partial charge on any atom is 0.225 e. The van der Waals surface area contributed by atoms with E-state index < -0.39 is 0 Å². The van der Waals surface area contributed by atoms with Crippen molar-refractivity contribution in [1.29, 1.82) is 0 Å². The molecule has 3 rings (SSSR count). The summed E-state index contributed by atoms with van der Waals surface area (Å²) in [6, 6.07) is 6.24. The maximum atomic E-state index is 12.0. The molecule has 0 radical (unpaired) electrons. The average molecular weight is 287 g/mol. The fourth-order valence-corrected chi connectivity index (χ4v) is 3.43. The number of hydrogen-bond acceptors (Lipinski definition) is 4. The number of aromatic nitrogens is 1. The zero-order valence-corrected chi connectivity index (χ0v) is 12.6. The lowest BCUT2D eigenvalue weighted by Crippen LogP contribution is -2.23. The lowest BCUT2D eigenvalue weighted by Gasteiger charge is -2.26. The predicted octanol–water partition coefficient (Wildman–Crippen LogP) is 2.99. The SMILES string of the molecule is Cc1ncc(C2CC(=O)Nc3cc(N(C)C)ccc32)s1. The van der Waals surface area contributed by atoms with Crippen LogP contribution in [0.2, 0.25) is 0 Å². The summed E-state index contributed by atoms with van der Waals surface area (Å²) in [6.45, 7) is 1.99. The highest BCUT2D eigenvalue weighted by Crippen LogP contribution is 2.40. The van der Waals surface area contributed by atoms with Gasteiger partial charge in [-0.2, -0.15) is 0 Å². The third-order valence-corrected chi connectivity index (χ3v) is 4.60. The van der Waals surface area contributed by atoms with E-state index in [9.17, 15) is 4.79 Å². The van der Waals surface area contributed by atoms with Gasteiger partial charge in [-0.1, -0.05) is 6.07 Å². The summed E-state index contributed by atoms with van der Waals surface area (Å²) < 4.78 is 0. The number of nitrogens with zero attached hydrogens (tertiary/aromatic N) is 2. The van der Waals surface area contributed by atoms with Crippen LogP contribution in [-0.2, 0) is 4.79 Å². The van der Waals surface area contributed by atoms with Crippen LogP contribution in [-0.4, -0.2) is 25.0 Å². The highest BCUT2D eigenvalue weighted by atomic mass is 32.1. The van der Waals surface area contributed by atoms with E-state index in [4.69, 9.17) is 0 Å². The molecule has 1 aromatic carbocycles. The van der Waals surface area contributed by atoms with Gasteiger partial charge in [-0.25, -0.2) is 4.98 Å². The molecule has 0 aliphatic carbocycles. The first-order valence-electron chi connectivity index (χ1n) is 6.58. The molecule has 1 atom stereocenters. The number of nitrogens with one attached hydrogen (secondary N) is 1. The molecular weight excluding hydrogens is 270 g/mol. The first-order valence-corrected chi connectivity index (χ1v) is 7.39. The molecule has 1 amide bonds. The van der Waals surface area contributed by atoms with Gasteiger partial charge in [0.1, 0.15) is 0 Å². The van der Waals surface area contributed by atoms with Crippen molar-refractivity contribution < 1.29 is 4.79 Å². The van der Waals surface area contributed by atoms with Crippen LogP contribution in [0.4, 0.5) is 11.4 Å². The van der Waals surface area contributed by atoms with Crippen molar-refractivity contribution in [3.63, 3.8) is 0 Å². The minimum Gasteiger partial charge on any atom is -0.378 e. The third-order valence-electron chi connectivity index (χ3n) is 3.57. The quantitative estimate of drug-likeness (QED) is 0.923. The molecule has 2 aromatic rings. The summed E-state index contributed by atoms with van der Waals surface area (Å²) in [4.78, 5) is 19.5. The Bertz CT molecular complexity index is 663. The van der Waals surface area contributed by atoms with Gasteiger partial charge in [0.05, 0.1) is 5.01 Å². The molecule has 0 saturated carbocycles. The molecule has 1 aliphatic rings. The third kappa shape index (κ3) is 2.29. The van der Waals surface area contributed by atoms with Crippen LogP contribution in [0.1, 0.15) is 27.8 Å². The maximum absolute atomic E-state index is 12.0. The van der Waals surface area contributed by atoms with E-state index >= 15 is 0 Å². The zero-order valence-electron chi connectivity index (χ0n) is 11.8. The fourth-order valence-electron chi connectivity index (χ4n) is 2.52. The molecule has 104 valence electrons. The predicted molar refractivity (Wildman–Crippen MR) is 82.7 cm³/mol. The summed E-state index contributed by atoms with van der Waals surface area (Å²) in [5, 5.41) is 4.02. The minimum absolute atomic E-state index is 0.0736. The van der Waals surface area contributed by atoms with Gasteiger partial charge in [0.2, 0.25) is 5.91 Å². The lowest BCUT2D eigenvalue weighted by atomic mass is 9.89. The van der Waals surface area contributed by atoms with E-state index in [-0.39, 0.29) is 11.8 Å². The molecule has 1 N–H and O–H groups in total. The van der Waals surface area contributed by atoms with Gasteiger partial charge in [-0.05, 0) is 24.6 Å². The van der Waals surface area contributed by atoms with Crippen molar-refractivity contribution in [1.82, 2.24) is 4.98 Å². The number of hydrogen-bond donors (Lipinski definition) is 1. The van der Waals surface area contributed by atoms with Crippen molar-refractivity contribution >= 4 is 28.6 Å². The van der Waals surface area contributed by atoms with Crippen LogP contribution < -0.4 is 10.2 Å². The molecule has 0 fully saturated rings. The lowest BCUT2D eigenvalue weighted by molar-refractivity contribution is -0.116. The number of carbonyl (C=O) groups is 1. The van der Waals surface area contributed by atoms with E-state index in [0.29, 0.717) is 6.42 Å². The summed E-state index contributed by atoms with van der Waals surface area (Å²) in [5.41, 5.74) is 3.19. The summed E-state index contributed by atoms with van der Waals surface area (Å²) >= 11 is 1.67. The van der Waals surface area contributed by atoms with Gasteiger partial charge < -0.3 is 10.2 Å². The van der Waals surface area contributed by atoms with Crippen molar-refractivity contribution in [3.8, 4) is 0 Å². The molecule has 1 unspecified atom stereocenters. The Labute approximate surface area is 122 Å². The van der Waals surface area contributed by atoms with Gasteiger partial charge >= 0.3 is 0 Å². The van der Waals surface area contributed by atoms with Crippen LogP contribution in [0.5, 0.6) is 0 Å². The Hall–Kier alpha value is -1.88. The van der Waals surface area contributed by atoms with Crippen LogP contribution in [0.3, 0.4) is 0 Å². The van der Waals surface area contributed by atoms with E-state index in [1.807, 2.05) is 38.2 Å². The second kappa shape index (κ2) is 4.90. The van der Waals surface area contributed by atoms with Gasteiger partial charge in [0.25, 0.3) is 0 Å². The van der Waals surface area contributed by atoms with Gasteiger partial charge in [0.15, 0.2) is 0 Å². The molecular formula is C15H17N3OS. The number of anilines is 2. The van der Waals surface area contributed by atoms with Crippen molar-refractivity contribution in [2.45, 2.75) is 19.3 Å². The molecule has 0 saturated heterocycles. The Morgan fingerprint density at radius 3 is 2.85 bits per heavy atom. The number of rotatable bonds is 2. The van der Waals surface area contributed by atoms with Crippen LogP contribution in [0, 0.1) is 6.92 Å². The molecule has 20 heavy (non-hydrogen) atoms. The Balaban J connectivity index is 2.06. The van der Waals surface area contributed by atoms with Crippen LogP contribution in [0.15, 0.2) is 24.4 Å².